The summed E-state index contributed by atoms with van der Waals surface area (Å²) in [4.78, 5) is 23.8. The van der Waals surface area contributed by atoms with Crippen molar-refractivity contribution in [2.45, 2.75) is 13.5 Å². The number of aryl methyl sites for hydroxylation is 1. The molecule has 0 unspecified atom stereocenters. The number of carbonyl (C=O) groups is 1. The van der Waals surface area contributed by atoms with Crippen LogP contribution in [0.15, 0.2) is 57.9 Å². The molecule has 0 aliphatic rings. The summed E-state index contributed by atoms with van der Waals surface area (Å²) >= 11 is 5.77. The first kappa shape index (κ1) is 17.0. The normalized spacial score (nSPS) is 10.6. The molecule has 0 saturated carbocycles. The SMILES string of the molecule is Cc1c(OCC(=O)OCc2ccccc2)ccc2c(=O)c(Cl)coc12. The first-order valence-electron chi connectivity index (χ1n) is 7.59. The Hall–Kier alpha value is -2.79. The van der Waals surface area contributed by atoms with Crippen molar-refractivity contribution >= 4 is 28.5 Å². The standard InChI is InChI=1S/C19H15ClO5/c1-12-16(8-7-14-18(22)15(20)10-25-19(12)14)23-11-17(21)24-9-13-5-3-2-4-6-13/h2-8,10H,9,11H2,1H3. The Morgan fingerprint density at radius 1 is 1.16 bits per heavy atom. The van der Waals surface area contributed by atoms with E-state index in [1.54, 1.807) is 19.1 Å². The molecule has 2 aromatic carbocycles. The molecule has 1 aromatic heterocycles. The predicted molar refractivity (Wildman–Crippen MR) is 94.0 cm³/mol. The zero-order chi connectivity index (χ0) is 17.8. The van der Waals surface area contributed by atoms with E-state index in [0.717, 1.165) is 5.56 Å². The number of fused-ring (bicyclic) bond motifs is 1. The van der Waals surface area contributed by atoms with Crippen LogP contribution in [0.4, 0.5) is 0 Å². The van der Waals surface area contributed by atoms with Gasteiger partial charge in [0.25, 0.3) is 0 Å². The Labute approximate surface area is 148 Å². The second-order valence-corrected chi connectivity index (χ2v) is 5.82. The van der Waals surface area contributed by atoms with E-state index in [9.17, 15) is 9.59 Å². The molecule has 1 heterocycles. The molecule has 3 aromatic rings. The van der Waals surface area contributed by atoms with Crippen molar-refractivity contribution in [3.8, 4) is 5.75 Å². The quantitative estimate of drug-likeness (QED) is 0.647. The summed E-state index contributed by atoms with van der Waals surface area (Å²) in [6.45, 7) is 1.69. The van der Waals surface area contributed by atoms with Gasteiger partial charge in [-0.2, -0.15) is 0 Å². The highest BCUT2D eigenvalue weighted by Crippen LogP contribution is 2.26. The van der Waals surface area contributed by atoms with E-state index < -0.39 is 5.97 Å². The lowest BCUT2D eigenvalue weighted by Gasteiger charge is -2.10. The lowest BCUT2D eigenvalue weighted by Crippen LogP contribution is -2.15. The van der Waals surface area contributed by atoms with E-state index in [1.165, 1.54) is 6.26 Å². The summed E-state index contributed by atoms with van der Waals surface area (Å²) in [5, 5.41) is 0.383. The van der Waals surface area contributed by atoms with Gasteiger partial charge in [0.2, 0.25) is 5.43 Å². The Morgan fingerprint density at radius 3 is 2.68 bits per heavy atom. The zero-order valence-corrected chi connectivity index (χ0v) is 14.2. The average molecular weight is 359 g/mol. The molecule has 25 heavy (non-hydrogen) atoms. The molecule has 128 valence electrons. The van der Waals surface area contributed by atoms with Crippen LogP contribution in [0.3, 0.4) is 0 Å². The van der Waals surface area contributed by atoms with Gasteiger partial charge in [-0.3, -0.25) is 4.79 Å². The molecule has 6 heteroatoms. The summed E-state index contributed by atoms with van der Waals surface area (Å²) in [5.41, 5.74) is 1.59. The van der Waals surface area contributed by atoms with Crippen LogP contribution in [0.1, 0.15) is 11.1 Å². The van der Waals surface area contributed by atoms with Crippen molar-refractivity contribution in [2.24, 2.45) is 0 Å². The Balaban J connectivity index is 1.67. The number of rotatable bonds is 5. The van der Waals surface area contributed by atoms with Gasteiger partial charge in [0.15, 0.2) is 6.61 Å². The van der Waals surface area contributed by atoms with Crippen LogP contribution in [0.5, 0.6) is 5.75 Å². The van der Waals surface area contributed by atoms with Crippen LogP contribution in [-0.4, -0.2) is 12.6 Å². The summed E-state index contributed by atoms with van der Waals surface area (Å²) in [6.07, 6.45) is 1.19. The van der Waals surface area contributed by atoms with Gasteiger partial charge in [0, 0.05) is 5.56 Å². The highest BCUT2D eigenvalue weighted by molar-refractivity contribution is 6.30. The molecular formula is C19H15ClO5. The first-order valence-corrected chi connectivity index (χ1v) is 7.97. The molecule has 0 saturated heterocycles. The second kappa shape index (κ2) is 7.40. The highest BCUT2D eigenvalue weighted by Gasteiger charge is 2.13. The lowest BCUT2D eigenvalue weighted by molar-refractivity contribution is -0.147. The number of carbonyl (C=O) groups excluding carboxylic acids is 1. The summed E-state index contributed by atoms with van der Waals surface area (Å²) in [5.74, 6) is -0.0458. The van der Waals surface area contributed by atoms with E-state index in [0.29, 0.717) is 22.3 Å². The summed E-state index contributed by atoms with van der Waals surface area (Å²) < 4.78 is 16.0. The van der Waals surface area contributed by atoms with Gasteiger partial charge in [-0.15, -0.1) is 0 Å². The number of esters is 1. The molecule has 0 atom stereocenters. The van der Waals surface area contributed by atoms with Crippen LogP contribution in [0.25, 0.3) is 11.0 Å². The van der Waals surface area contributed by atoms with Crippen LogP contribution < -0.4 is 10.2 Å². The fourth-order valence-corrected chi connectivity index (χ4v) is 2.52. The molecule has 0 spiro atoms. The van der Waals surface area contributed by atoms with E-state index >= 15 is 0 Å². The Bertz CT molecular complexity index is 963. The summed E-state index contributed by atoms with van der Waals surface area (Å²) in [7, 11) is 0. The molecule has 3 rings (SSSR count). The Morgan fingerprint density at radius 2 is 1.92 bits per heavy atom. The molecule has 0 bridgehead atoms. The van der Waals surface area contributed by atoms with Crippen LogP contribution in [0.2, 0.25) is 5.02 Å². The molecule has 0 radical (unpaired) electrons. The van der Waals surface area contributed by atoms with Gasteiger partial charge in [0.05, 0.1) is 5.39 Å². The number of ether oxygens (including phenoxy) is 2. The van der Waals surface area contributed by atoms with Gasteiger partial charge in [-0.1, -0.05) is 41.9 Å². The molecule has 5 nitrogen and oxygen atoms in total. The molecule has 0 N–H and O–H groups in total. The summed E-state index contributed by atoms with van der Waals surface area (Å²) in [6, 6.07) is 12.5. The minimum atomic E-state index is -0.485. The predicted octanol–water partition coefficient (Wildman–Crippen LogP) is 3.88. The largest absolute Gasteiger partial charge is 0.481 e. The number of halogens is 1. The fourth-order valence-electron chi connectivity index (χ4n) is 2.37. The van der Waals surface area contributed by atoms with Crippen molar-refractivity contribution in [3.05, 3.63) is 75.1 Å². The molecule has 0 aliphatic heterocycles. The number of hydrogen-bond donors (Lipinski definition) is 0. The van der Waals surface area contributed by atoms with Crippen LogP contribution in [-0.2, 0) is 16.1 Å². The smallest absolute Gasteiger partial charge is 0.344 e. The topological polar surface area (TPSA) is 65.7 Å². The highest BCUT2D eigenvalue weighted by atomic mass is 35.5. The first-order chi connectivity index (χ1) is 12.1. The van der Waals surface area contributed by atoms with Crippen LogP contribution >= 0.6 is 11.6 Å². The number of benzene rings is 2. The van der Waals surface area contributed by atoms with Gasteiger partial charge in [-0.05, 0) is 24.6 Å². The van der Waals surface area contributed by atoms with Gasteiger partial charge >= 0.3 is 5.97 Å². The monoisotopic (exact) mass is 358 g/mol. The van der Waals surface area contributed by atoms with Gasteiger partial charge < -0.3 is 13.9 Å². The molecule has 0 amide bonds. The van der Waals surface area contributed by atoms with E-state index in [1.807, 2.05) is 30.3 Å². The average Bonchev–Trinajstić information content (AvgIpc) is 2.63. The van der Waals surface area contributed by atoms with E-state index in [-0.39, 0.29) is 23.7 Å². The van der Waals surface area contributed by atoms with Gasteiger partial charge in [0.1, 0.15) is 29.2 Å². The van der Waals surface area contributed by atoms with Gasteiger partial charge in [-0.25, -0.2) is 4.79 Å². The lowest BCUT2D eigenvalue weighted by atomic mass is 10.1. The fraction of sp³-hybridized carbons (Fsp3) is 0.158. The number of hydrogen-bond acceptors (Lipinski definition) is 5. The maximum absolute atomic E-state index is 12.0. The van der Waals surface area contributed by atoms with E-state index in [2.05, 4.69) is 0 Å². The maximum Gasteiger partial charge on any atom is 0.344 e. The second-order valence-electron chi connectivity index (χ2n) is 5.41. The molecular weight excluding hydrogens is 344 g/mol. The zero-order valence-electron chi connectivity index (χ0n) is 13.5. The third kappa shape index (κ3) is 3.83. The van der Waals surface area contributed by atoms with Crippen molar-refractivity contribution in [1.29, 1.82) is 0 Å². The van der Waals surface area contributed by atoms with Crippen molar-refractivity contribution in [3.63, 3.8) is 0 Å². The minimum absolute atomic E-state index is 0.0186. The minimum Gasteiger partial charge on any atom is -0.481 e. The third-order valence-corrected chi connectivity index (χ3v) is 3.95. The van der Waals surface area contributed by atoms with Crippen molar-refractivity contribution < 1.29 is 18.7 Å². The van der Waals surface area contributed by atoms with E-state index in [4.69, 9.17) is 25.5 Å². The molecule has 0 aliphatic carbocycles. The van der Waals surface area contributed by atoms with Crippen LogP contribution in [0, 0.1) is 6.92 Å². The third-order valence-electron chi connectivity index (χ3n) is 3.69. The molecule has 0 fully saturated rings. The Kier molecular flexibility index (Phi) is 5.05. The maximum atomic E-state index is 12.0. The van der Waals surface area contributed by atoms with Crippen molar-refractivity contribution in [1.82, 2.24) is 0 Å². The van der Waals surface area contributed by atoms with Crippen molar-refractivity contribution in [2.75, 3.05) is 6.61 Å².